The van der Waals surface area contributed by atoms with Gasteiger partial charge in [-0.15, -0.1) is 10.2 Å². The Kier molecular flexibility index (Phi) is 7.05. The minimum Gasteiger partial charge on any atom is -0.481 e. The predicted molar refractivity (Wildman–Crippen MR) is 132 cm³/mol. The van der Waals surface area contributed by atoms with Gasteiger partial charge in [0.15, 0.2) is 11.9 Å². The van der Waals surface area contributed by atoms with Crippen LogP contribution in [0.4, 0.5) is 5.82 Å². The quantitative estimate of drug-likeness (QED) is 0.498. The number of piperazine rings is 1. The van der Waals surface area contributed by atoms with Crippen LogP contribution in [0.3, 0.4) is 0 Å². The molecule has 1 aliphatic rings. The summed E-state index contributed by atoms with van der Waals surface area (Å²) in [5.74, 6) is 1.49. The Morgan fingerprint density at radius 3 is 2.24 bits per heavy atom. The van der Waals surface area contributed by atoms with E-state index < -0.39 is 6.10 Å². The summed E-state index contributed by atoms with van der Waals surface area (Å²) >= 11 is 12.3. The summed E-state index contributed by atoms with van der Waals surface area (Å²) in [6.45, 7) is 8.40. The molecular formula is C25H26Cl2N4O2. The van der Waals surface area contributed by atoms with Gasteiger partial charge in [0.05, 0.1) is 10.7 Å². The molecule has 6 nitrogen and oxygen atoms in total. The predicted octanol–water partition coefficient (Wildman–Crippen LogP) is 5.18. The van der Waals surface area contributed by atoms with E-state index in [0.29, 0.717) is 41.9 Å². The summed E-state index contributed by atoms with van der Waals surface area (Å²) < 4.78 is 5.93. The van der Waals surface area contributed by atoms with Gasteiger partial charge in [0.2, 0.25) is 0 Å². The maximum atomic E-state index is 12.9. The van der Waals surface area contributed by atoms with E-state index in [9.17, 15) is 4.79 Å². The van der Waals surface area contributed by atoms with Crippen LogP contribution < -0.4 is 9.64 Å². The highest BCUT2D eigenvalue weighted by molar-refractivity contribution is 6.36. The number of aryl methyl sites for hydroxylation is 2. The molecule has 1 unspecified atom stereocenters. The van der Waals surface area contributed by atoms with Crippen molar-refractivity contribution >= 4 is 34.9 Å². The van der Waals surface area contributed by atoms with Gasteiger partial charge in [-0.3, -0.25) is 4.79 Å². The van der Waals surface area contributed by atoms with Gasteiger partial charge in [-0.1, -0.05) is 29.3 Å². The molecule has 2 heterocycles. The monoisotopic (exact) mass is 484 g/mol. The van der Waals surface area contributed by atoms with Gasteiger partial charge >= 0.3 is 0 Å². The fourth-order valence-electron chi connectivity index (χ4n) is 4.00. The minimum absolute atomic E-state index is 0.00683. The first-order chi connectivity index (χ1) is 15.8. The summed E-state index contributed by atoms with van der Waals surface area (Å²) in [4.78, 5) is 16.9. The van der Waals surface area contributed by atoms with Crippen LogP contribution in [0, 0.1) is 13.8 Å². The number of halogens is 2. The molecule has 1 aromatic heterocycles. The molecule has 2 aromatic carbocycles. The van der Waals surface area contributed by atoms with Crippen molar-refractivity contribution in [2.24, 2.45) is 0 Å². The van der Waals surface area contributed by atoms with Crippen molar-refractivity contribution in [3.8, 4) is 17.0 Å². The Labute approximate surface area is 204 Å². The van der Waals surface area contributed by atoms with Gasteiger partial charge in [0, 0.05) is 36.8 Å². The Bertz CT molecular complexity index is 1130. The smallest absolute Gasteiger partial charge is 0.263 e. The Morgan fingerprint density at radius 2 is 1.64 bits per heavy atom. The Morgan fingerprint density at radius 1 is 0.939 bits per heavy atom. The summed E-state index contributed by atoms with van der Waals surface area (Å²) in [5.41, 5.74) is 3.70. The molecule has 3 aromatic rings. The summed E-state index contributed by atoms with van der Waals surface area (Å²) in [7, 11) is 0. The fraction of sp³-hybridized carbons (Fsp3) is 0.320. The molecule has 0 bridgehead atoms. The van der Waals surface area contributed by atoms with Crippen molar-refractivity contribution in [1.29, 1.82) is 0 Å². The molecule has 1 aliphatic heterocycles. The third kappa shape index (κ3) is 5.57. The average Bonchev–Trinajstić information content (AvgIpc) is 2.78. The number of carbonyl (C=O) groups is 1. The van der Waals surface area contributed by atoms with Crippen molar-refractivity contribution in [2.75, 3.05) is 31.1 Å². The first-order valence-electron chi connectivity index (χ1n) is 10.9. The SMILES string of the molecule is Cc1cc(C)cc(OC(C)C(=O)N2CCN(c3ccc(-c4ccc(Cl)cc4Cl)nn3)CC2)c1. The minimum atomic E-state index is -0.541. The highest BCUT2D eigenvalue weighted by Gasteiger charge is 2.27. The lowest BCUT2D eigenvalue weighted by Crippen LogP contribution is -2.52. The lowest BCUT2D eigenvalue weighted by atomic mass is 10.1. The van der Waals surface area contributed by atoms with Gasteiger partial charge in [0.25, 0.3) is 5.91 Å². The number of hydrogen-bond donors (Lipinski definition) is 0. The van der Waals surface area contributed by atoms with Crippen molar-refractivity contribution in [2.45, 2.75) is 26.9 Å². The maximum absolute atomic E-state index is 12.9. The molecular weight excluding hydrogens is 459 g/mol. The molecule has 172 valence electrons. The fourth-order valence-corrected chi connectivity index (χ4v) is 4.51. The molecule has 33 heavy (non-hydrogen) atoms. The third-order valence-corrected chi connectivity index (χ3v) is 6.18. The second kappa shape index (κ2) is 9.98. The molecule has 0 aliphatic carbocycles. The van der Waals surface area contributed by atoms with E-state index in [-0.39, 0.29) is 5.91 Å². The maximum Gasteiger partial charge on any atom is 0.263 e. The van der Waals surface area contributed by atoms with Crippen LogP contribution in [-0.4, -0.2) is 53.3 Å². The van der Waals surface area contributed by atoms with Gasteiger partial charge in [-0.05, 0) is 74.4 Å². The number of ether oxygens (including phenoxy) is 1. The summed E-state index contributed by atoms with van der Waals surface area (Å²) in [6.07, 6.45) is -0.541. The van der Waals surface area contributed by atoms with E-state index in [0.717, 1.165) is 28.3 Å². The van der Waals surface area contributed by atoms with Gasteiger partial charge < -0.3 is 14.5 Å². The van der Waals surface area contributed by atoms with Crippen LogP contribution in [0.25, 0.3) is 11.3 Å². The number of anilines is 1. The molecule has 1 saturated heterocycles. The van der Waals surface area contributed by atoms with E-state index in [1.807, 2.05) is 49.1 Å². The zero-order valence-electron chi connectivity index (χ0n) is 18.9. The lowest BCUT2D eigenvalue weighted by molar-refractivity contribution is -0.138. The molecule has 4 rings (SSSR count). The van der Waals surface area contributed by atoms with Crippen LogP contribution >= 0.6 is 23.2 Å². The van der Waals surface area contributed by atoms with Crippen molar-refractivity contribution in [3.05, 3.63) is 69.7 Å². The number of amides is 1. The van der Waals surface area contributed by atoms with E-state index in [4.69, 9.17) is 27.9 Å². The average molecular weight is 485 g/mol. The number of nitrogens with zero attached hydrogens (tertiary/aromatic N) is 4. The molecule has 1 fully saturated rings. The first kappa shape index (κ1) is 23.3. The van der Waals surface area contributed by atoms with Crippen molar-refractivity contribution in [1.82, 2.24) is 15.1 Å². The summed E-state index contributed by atoms with van der Waals surface area (Å²) in [6, 6.07) is 15.1. The van der Waals surface area contributed by atoms with Crippen LogP contribution in [0.5, 0.6) is 5.75 Å². The van der Waals surface area contributed by atoms with Gasteiger partial charge in [-0.25, -0.2) is 0 Å². The molecule has 8 heteroatoms. The number of aromatic nitrogens is 2. The molecule has 0 N–H and O–H groups in total. The van der Waals surface area contributed by atoms with Crippen LogP contribution in [0.15, 0.2) is 48.5 Å². The van der Waals surface area contributed by atoms with Gasteiger partial charge in [0.1, 0.15) is 5.75 Å². The van der Waals surface area contributed by atoms with Crippen LogP contribution in [-0.2, 0) is 4.79 Å². The second-order valence-corrected chi connectivity index (χ2v) is 9.14. The zero-order valence-corrected chi connectivity index (χ0v) is 20.4. The largest absolute Gasteiger partial charge is 0.481 e. The first-order valence-corrected chi connectivity index (χ1v) is 11.6. The summed E-state index contributed by atoms with van der Waals surface area (Å²) in [5, 5.41) is 9.83. The Balaban J connectivity index is 1.34. The number of benzene rings is 2. The number of hydrogen-bond acceptors (Lipinski definition) is 5. The zero-order chi connectivity index (χ0) is 23.5. The molecule has 0 saturated carbocycles. The molecule has 0 spiro atoms. The van der Waals surface area contributed by atoms with Crippen LogP contribution in [0.1, 0.15) is 18.1 Å². The van der Waals surface area contributed by atoms with Gasteiger partial charge in [-0.2, -0.15) is 0 Å². The van der Waals surface area contributed by atoms with E-state index in [2.05, 4.69) is 21.2 Å². The molecule has 0 radical (unpaired) electrons. The Hall–Kier alpha value is -2.83. The van der Waals surface area contributed by atoms with Crippen molar-refractivity contribution < 1.29 is 9.53 Å². The standard InChI is InChI=1S/C25H26Cl2N4O2/c1-16-12-17(2)14-20(13-16)33-18(3)25(32)31-10-8-30(9-11-31)24-7-6-23(28-29-24)21-5-4-19(26)15-22(21)27/h4-7,12-15,18H,8-11H2,1-3H3. The topological polar surface area (TPSA) is 58.6 Å². The molecule has 1 atom stereocenters. The number of rotatable bonds is 5. The second-order valence-electron chi connectivity index (χ2n) is 8.30. The number of carbonyl (C=O) groups excluding carboxylic acids is 1. The van der Waals surface area contributed by atoms with E-state index in [1.54, 1.807) is 19.1 Å². The highest BCUT2D eigenvalue weighted by atomic mass is 35.5. The highest BCUT2D eigenvalue weighted by Crippen LogP contribution is 2.29. The third-order valence-electron chi connectivity index (χ3n) is 5.63. The van der Waals surface area contributed by atoms with E-state index in [1.165, 1.54) is 0 Å². The lowest BCUT2D eigenvalue weighted by Gasteiger charge is -2.36. The van der Waals surface area contributed by atoms with Crippen LogP contribution in [0.2, 0.25) is 10.0 Å². The van der Waals surface area contributed by atoms with Crippen molar-refractivity contribution in [3.63, 3.8) is 0 Å². The normalized spacial score (nSPS) is 14.8. The van der Waals surface area contributed by atoms with E-state index >= 15 is 0 Å². The molecule has 1 amide bonds.